The van der Waals surface area contributed by atoms with Crippen molar-refractivity contribution in [1.82, 2.24) is 14.3 Å². The fourth-order valence-corrected chi connectivity index (χ4v) is 5.10. The number of alkyl halides is 2. The predicted molar refractivity (Wildman–Crippen MR) is 126 cm³/mol. The molecule has 0 spiro atoms. The Morgan fingerprint density at radius 1 is 1.23 bits per heavy atom. The molecule has 35 heavy (non-hydrogen) atoms. The SMILES string of the molecule is CCOC(=O)C1=C(C)N=c2s/c(=C/c3c(C)nn(C)c3C)c(=O)n2[C@@H]1c1ccc(OC(F)F)cc1. The Bertz CT molecular complexity index is 1500. The molecule has 0 saturated carbocycles. The Kier molecular flexibility index (Phi) is 6.70. The van der Waals surface area contributed by atoms with Crippen LogP contribution in [0.2, 0.25) is 0 Å². The average Bonchev–Trinajstić information content (AvgIpc) is 3.23. The van der Waals surface area contributed by atoms with Crippen LogP contribution in [0.15, 0.2) is 45.3 Å². The van der Waals surface area contributed by atoms with Crippen LogP contribution in [0.5, 0.6) is 5.75 Å². The van der Waals surface area contributed by atoms with Crippen LogP contribution in [0.1, 0.15) is 42.4 Å². The summed E-state index contributed by atoms with van der Waals surface area (Å²) in [5, 5.41) is 4.40. The van der Waals surface area contributed by atoms with Gasteiger partial charge in [0, 0.05) is 18.3 Å². The fourth-order valence-electron chi connectivity index (χ4n) is 4.07. The van der Waals surface area contributed by atoms with Gasteiger partial charge in [0.1, 0.15) is 5.75 Å². The van der Waals surface area contributed by atoms with E-state index in [1.165, 1.54) is 28.0 Å². The summed E-state index contributed by atoms with van der Waals surface area (Å²) in [5.74, 6) is -0.628. The van der Waals surface area contributed by atoms with E-state index in [4.69, 9.17) is 4.74 Å². The Hall–Kier alpha value is -3.60. The van der Waals surface area contributed by atoms with Gasteiger partial charge in [0.2, 0.25) is 0 Å². The van der Waals surface area contributed by atoms with E-state index < -0.39 is 18.6 Å². The van der Waals surface area contributed by atoms with Gasteiger partial charge in [-0.05, 0) is 51.5 Å². The summed E-state index contributed by atoms with van der Waals surface area (Å²) in [6, 6.07) is 5.00. The molecule has 11 heteroatoms. The largest absolute Gasteiger partial charge is 0.463 e. The van der Waals surface area contributed by atoms with Crippen molar-refractivity contribution in [2.24, 2.45) is 12.0 Å². The van der Waals surface area contributed by atoms with Crippen LogP contribution in [-0.2, 0) is 16.6 Å². The molecule has 3 aromatic rings. The highest BCUT2D eigenvalue weighted by Gasteiger charge is 2.33. The number of aryl methyl sites for hydroxylation is 2. The van der Waals surface area contributed by atoms with E-state index in [1.54, 1.807) is 36.7 Å². The first-order valence-electron chi connectivity index (χ1n) is 10.9. The smallest absolute Gasteiger partial charge is 0.387 e. The van der Waals surface area contributed by atoms with E-state index in [2.05, 4.69) is 14.8 Å². The van der Waals surface area contributed by atoms with E-state index in [1.807, 2.05) is 20.9 Å². The van der Waals surface area contributed by atoms with Gasteiger partial charge in [-0.3, -0.25) is 14.0 Å². The molecule has 184 valence electrons. The number of rotatable bonds is 6. The maximum absolute atomic E-state index is 13.6. The zero-order chi connectivity index (χ0) is 25.4. The second-order valence-corrected chi connectivity index (χ2v) is 8.97. The number of carbonyl (C=O) groups excluding carboxylic acids is 1. The molecule has 0 aliphatic carbocycles. The molecule has 3 heterocycles. The van der Waals surface area contributed by atoms with Crippen LogP contribution in [0, 0.1) is 13.8 Å². The average molecular weight is 503 g/mol. The molecule has 1 aliphatic rings. The number of thiazole rings is 1. The Morgan fingerprint density at radius 3 is 2.49 bits per heavy atom. The molecule has 0 N–H and O–H groups in total. The van der Waals surface area contributed by atoms with Gasteiger partial charge < -0.3 is 9.47 Å². The quantitative estimate of drug-likeness (QED) is 0.484. The number of nitrogens with zero attached hydrogens (tertiary/aromatic N) is 4. The number of carbonyl (C=O) groups is 1. The number of halogens is 2. The molecule has 0 saturated heterocycles. The van der Waals surface area contributed by atoms with Gasteiger partial charge in [0.05, 0.1) is 34.1 Å². The first-order valence-corrected chi connectivity index (χ1v) is 11.7. The summed E-state index contributed by atoms with van der Waals surface area (Å²) < 4.78 is 38.6. The van der Waals surface area contributed by atoms with Gasteiger partial charge in [-0.2, -0.15) is 13.9 Å². The van der Waals surface area contributed by atoms with E-state index >= 15 is 0 Å². The summed E-state index contributed by atoms with van der Waals surface area (Å²) in [6.45, 7) is 4.33. The first kappa shape index (κ1) is 24.5. The number of esters is 1. The van der Waals surface area contributed by atoms with Crippen molar-refractivity contribution in [3.63, 3.8) is 0 Å². The number of hydrogen-bond acceptors (Lipinski definition) is 7. The molecular weight excluding hydrogens is 478 g/mol. The Labute approximate surface area is 203 Å². The third kappa shape index (κ3) is 4.55. The van der Waals surface area contributed by atoms with Gasteiger partial charge in [-0.25, -0.2) is 9.79 Å². The lowest BCUT2D eigenvalue weighted by molar-refractivity contribution is -0.139. The van der Waals surface area contributed by atoms with Crippen molar-refractivity contribution in [2.75, 3.05) is 6.61 Å². The van der Waals surface area contributed by atoms with Crippen molar-refractivity contribution in [2.45, 2.75) is 40.3 Å². The van der Waals surface area contributed by atoms with E-state index in [9.17, 15) is 18.4 Å². The standard InChI is InChI=1S/C24H24F2N4O4S/c1-6-33-22(32)19-13(3)27-24-30(20(19)15-7-9-16(10-8-15)34-23(25)26)21(31)18(35-24)11-17-12(2)28-29(5)14(17)4/h7-11,20,23H,6H2,1-5H3/b18-11+/t20-/m1/s1. The van der Waals surface area contributed by atoms with Gasteiger partial charge in [-0.1, -0.05) is 23.5 Å². The lowest BCUT2D eigenvalue weighted by Gasteiger charge is -2.24. The summed E-state index contributed by atoms with van der Waals surface area (Å²) >= 11 is 1.21. The molecule has 1 atom stereocenters. The minimum Gasteiger partial charge on any atom is -0.463 e. The van der Waals surface area contributed by atoms with Crippen LogP contribution < -0.4 is 19.6 Å². The van der Waals surface area contributed by atoms with E-state index in [0.29, 0.717) is 20.6 Å². The number of allylic oxidation sites excluding steroid dienone is 1. The highest BCUT2D eigenvalue weighted by atomic mass is 32.1. The second-order valence-electron chi connectivity index (χ2n) is 7.96. The van der Waals surface area contributed by atoms with Crippen molar-refractivity contribution < 1.29 is 23.0 Å². The lowest BCUT2D eigenvalue weighted by Crippen LogP contribution is -2.39. The maximum atomic E-state index is 13.6. The molecule has 0 bridgehead atoms. The van der Waals surface area contributed by atoms with Crippen molar-refractivity contribution in [3.8, 4) is 5.75 Å². The Balaban J connectivity index is 1.93. The summed E-state index contributed by atoms with van der Waals surface area (Å²) in [5.41, 5.74) is 3.36. The molecule has 0 amide bonds. The topological polar surface area (TPSA) is 87.7 Å². The van der Waals surface area contributed by atoms with Crippen LogP contribution in [-0.4, -0.2) is 33.5 Å². The van der Waals surface area contributed by atoms with E-state index in [-0.39, 0.29) is 23.5 Å². The van der Waals surface area contributed by atoms with Crippen LogP contribution in [0.3, 0.4) is 0 Å². The third-order valence-electron chi connectivity index (χ3n) is 5.78. The first-order chi connectivity index (χ1) is 16.6. The van der Waals surface area contributed by atoms with Crippen LogP contribution in [0.25, 0.3) is 6.08 Å². The number of benzene rings is 1. The molecule has 8 nitrogen and oxygen atoms in total. The minimum atomic E-state index is -2.96. The van der Waals surface area contributed by atoms with Gasteiger partial charge >= 0.3 is 12.6 Å². The van der Waals surface area contributed by atoms with Crippen LogP contribution >= 0.6 is 11.3 Å². The zero-order valence-electron chi connectivity index (χ0n) is 19.8. The number of fused-ring (bicyclic) bond motifs is 1. The molecule has 1 aromatic carbocycles. The number of aromatic nitrogens is 3. The highest BCUT2D eigenvalue weighted by molar-refractivity contribution is 7.07. The van der Waals surface area contributed by atoms with E-state index in [0.717, 1.165) is 17.0 Å². The summed E-state index contributed by atoms with van der Waals surface area (Å²) in [6.07, 6.45) is 1.78. The van der Waals surface area contributed by atoms with Gasteiger partial charge in [-0.15, -0.1) is 0 Å². The molecule has 4 rings (SSSR count). The molecule has 0 unspecified atom stereocenters. The maximum Gasteiger partial charge on any atom is 0.387 e. The predicted octanol–water partition coefficient (Wildman–Crippen LogP) is 2.75. The summed E-state index contributed by atoms with van der Waals surface area (Å²) in [7, 11) is 1.83. The molecule has 2 aromatic heterocycles. The molecule has 0 fully saturated rings. The third-order valence-corrected chi connectivity index (χ3v) is 6.76. The zero-order valence-corrected chi connectivity index (χ0v) is 20.7. The normalized spacial score (nSPS) is 15.9. The molecule has 1 aliphatic heterocycles. The lowest BCUT2D eigenvalue weighted by atomic mass is 9.96. The van der Waals surface area contributed by atoms with Crippen molar-refractivity contribution in [1.29, 1.82) is 0 Å². The molecular formula is C24H24F2N4O4S. The molecule has 0 radical (unpaired) electrons. The second kappa shape index (κ2) is 9.57. The van der Waals surface area contributed by atoms with Gasteiger partial charge in [0.25, 0.3) is 5.56 Å². The Morgan fingerprint density at radius 2 is 1.91 bits per heavy atom. The van der Waals surface area contributed by atoms with Crippen molar-refractivity contribution >= 4 is 23.4 Å². The van der Waals surface area contributed by atoms with Crippen LogP contribution in [0.4, 0.5) is 8.78 Å². The van der Waals surface area contributed by atoms with Gasteiger partial charge in [0.15, 0.2) is 4.80 Å². The van der Waals surface area contributed by atoms with Crippen molar-refractivity contribution in [3.05, 3.63) is 77.7 Å². The highest BCUT2D eigenvalue weighted by Crippen LogP contribution is 2.31. The monoisotopic (exact) mass is 502 g/mol. The number of hydrogen-bond donors (Lipinski definition) is 0. The minimum absolute atomic E-state index is 0.0305. The number of ether oxygens (including phenoxy) is 2. The fraction of sp³-hybridized carbons (Fsp3) is 0.333. The summed E-state index contributed by atoms with van der Waals surface area (Å²) in [4.78, 5) is 31.5.